The van der Waals surface area contributed by atoms with Crippen molar-refractivity contribution in [2.45, 2.75) is 0 Å². The predicted octanol–water partition coefficient (Wildman–Crippen LogP) is 3.50. The normalized spacial score (nSPS) is 10.2. The molecule has 104 valence electrons. The summed E-state index contributed by atoms with van der Waals surface area (Å²) in [6, 6.07) is 6.55. The number of nitrogen functional groups attached to an aromatic ring is 1. The third kappa shape index (κ3) is 3.12. The molecular weight excluding hydrogens is 301 g/mol. The van der Waals surface area contributed by atoms with Crippen LogP contribution in [0.1, 0.15) is 10.4 Å². The number of carbonyl (C=O) groups excluding carboxylic acids is 1. The van der Waals surface area contributed by atoms with Crippen molar-refractivity contribution in [1.82, 2.24) is 4.98 Å². The Morgan fingerprint density at radius 2 is 2.05 bits per heavy atom. The van der Waals surface area contributed by atoms with Gasteiger partial charge in [-0.15, -0.1) is 0 Å². The van der Waals surface area contributed by atoms with Gasteiger partial charge in [0.25, 0.3) is 0 Å². The second kappa shape index (κ2) is 5.98. The Kier molecular flexibility index (Phi) is 4.32. The molecule has 7 heteroatoms. The van der Waals surface area contributed by atoms with Crippen molar-refractivity contribution in [1.29, 1.82) is 0 Å². The van der Waals surface area contributed by atoms with Crippen molar-refractivity contribution in [2.75, 3.05) is 18.2 Å². The number of carbonyl (C=O) groups is 1. The van der Waals surface area contributed by atoms with Crippen LogP contribution in [-0.2, 0) is 4.74 Å². The van der Waals surface area contributed by atoms with Crippen LogP contribution in [0, 0.1) is 0 Å². The molecule has 2 aromatic rings. The summed E-state index contributed by atoms with van der Waals surface area (Å²) in [4.78, 5) is 15.6. The van der Waals surface area contributed by atoms with E-state index in [1.807, 2.05) is 0 Å². The van der Waals surface area contributed by atoms with Gasteiger partial charge in [0.05, 0.1) is 34.6 Å². The molecule has 0 atom stereocenters. The van der Waals surface area contributed by atoms with E-state index < -0.39 is 5.97 Å². The van der Waals surface area contributed by atoms with E-state index in [1.54, 1.807) is 18.2 Å². The average molecular weight is 312 g/mol. The summed E-state index contributed by atoms with van der Waals surface area (Å²) in [5, 5.41) is 3.87. The number of nitrogens with one attached hydrogen (secondary N) is 1. The van der Waals surface area contributed by atoms with Crippen LogP contribution >= 0.6 is 23.2 Å². The molecule has 0 aliphatic carbocycles. The Hall–Kier alpha value is -1.98. The van der Waals surface area contributed by atoms with E-state index in [4.69, 9.17) is 28.9 Å². The van der Waals surface area contributed by atoms with Crippen LogP contribution in [0.4, 0.5) is 17.2 Å². The quantitative estimate of drug-likeness (QED) is 0.848. The minimum Gasteiger partial charge on any atom is -0.465 e. The zero-order valence-electron chi connectivity index (χ0n) is 10.5. The van der Waals surface area contributed by atoms with E-state index in [0.717, 1.165) is 0 Å². The summed E-state index contributed by atoms with van der Waals surface area (Å²) in [7, 11) is 1.29. The van der Waals surface area contributed by atoms with E-state index in [1.165, 1.54) is 19.4 Å². The number of ether oxygens (including phenoxy) is 1. The first-order chi connectivity index (χ1) is 9.51. The number of methoxy groups -OCH3 is 1. The van der Waals surface area contributed by atoms with Crippen molar-refractivity contribution in [3.05, 3.63) is 46.1 Å². The van der Waals surface area contributed by atoms with E-state index >= 15 is 0 Å². The first-order valence-corrected chi connectivity index (χ1v) is 6.32. The third-order valence-corrected chi connectivity index (χ3v) is 3.27. The van der Waals surface area contributed by atoms with Gasteiger partial charge in [-0.25, -0.2) is 9.78 Å². The first kappa shape index (κ1) is 14.4. The summed E-state index contributed by atoms with van der Waals surface area (Å²) in [5.41, 5.74) is 6.85. The van der Waals surface area contributed by atoms with Crippen molar-refractivity contribution in [3.8, 4) is 0 Å². The highest BCUT2D eigenvalue weighted by atomic mass is 35.5. The number of nitrogens with zero attached hydrogens (tertiary/aromatic N) is 1. The van der Waals surface area contributed by atoms with Crippen LogP contribution in [0.3, 0.4) is 0 Å². The van der Waals surface area contributed by atoms with Gasteiger partial charge in [0.15, 0.2) is 0 Å². The second-order valence-corrected chi connectivity index (χ2v) is 4.72. The number of benzene rings is 1. The van der Waals surface area contributed by atoms with E-state index in [9.17, 15) is 4.79 Å². The van der Waals surface area contributed by atoms with Crippen LogP contribution in [0.25, 0.3) is 0 Å². The largest absolute Gasteiger partial charge is 0.465 e. The maximum Gasteiger partial charge on any atom is 0.340 e. The molecule has 0 unspecified atom stereocenters. The highest BCUT2D eigenvalue weighted by Gasteiger charge is 2.12. The molecule has 0 radical (unpaired) electrons. The molecule has 0 fully saturated rings. The second-order valence-electron chi connectivity index (χ2n) is 3.90. The Bertz CT molecular complexity index is 662. The summed E-state index contributed by atoms with van der Waals surface area (Å²) in [6.45, 7) is 0. The highest BCUT2D eigenvalue weighted by Crippen LogP contribution is 2.27. The molecule has 1 heterocycles. The van der Waals surface area contributed by atoms with Crippen molar-refractivity contribution >= 4 is 46.4 Å². The number of rotatable bonds is 3. The molecule has 3 N–H and O–H groups in total. The van der Waals surface area contributed by atoms with E-state index in [2.05, 4.69) is 15.0 Å². The van der Waals surface area contributed by atoms with Crippen LogP contribution in [0.15, 0.2) is 30.5 Å². The van der Waals surface area contributed by atoms with Gasteiger partial charge in [-0.1, -0.05) is 23.2 Å². The van der Waals surface area contributed by atoms with Crippen LogP contribution in [-0.4, -0.2) is 18.1 Å². The minimum atomic E-state index is -0.526. The lowest BCUT2D eigenvalue weighted by atomic mass is 10.2. The number of esters is 1. The maximum atomic E-state index is 11.5. The molecule has 0 saturated carbocycles. The van der Waals surface area contributed by atoms with Crippen LogP contribution < -0.4 is 11.1 Å². The zero-order valence-corrected chi connectivity index (χ0v) is 12.0. The van der Waals surface area contributed by atoms with Gasteiger partial charge in [0.2, 0.25) is 0 Å². The Morgan fingerprint density at radius 1 is 1.30 bits per heavy atom. The number of nitrogens with two attached hydrogens (primary N) is 1. The lowest BCUT2D eigenvalue weighted by Crippen LogP contribution is -2.07. The van der Waals surface area contributed by atoms with Gasteiger partial charge >= 0.3 is 5.97 Å². The number of aromatic nitrogens is 1. The molecule has 2 rings (SSSR count). The van der Waals surface area contributed by atoms with Gasteiger partial charge < -0.3 is 15.8 Å². The van der Waals surface area contributed by atoms with Gasteiger partial charge in [-0.05, 0) is 24.3 Å². The number of halogens is 2. The van der Waals surface area contributed by atoms with Crippen molar-refractivity contribution in [2.24, 2.45) is 0 Å². The van der Waals surface area contributed by atoms with E-state index in [0.29, 0.717) is 21.6 Å². The number of hydrogen-bond donors (Lipinski definition) is 2. The summed E-state index contributed by atoms with van der Waals surface area (Å²) in [6.07, 6.45) is 1.38. The lowest BCUT2D eigenvalue weighted by Gasteiger charge is -2.09. The molecule has 0 bridgehead atoms. The minimum absolute atomic E-state index is 0.241. The average Bonchev–Trinajstić information content (AvgIpc) is 2.44. The molecule has 1 aromatic heterocycles. The Morgan fingerprint density at radius 3 is 2.70 bits per heavy atom. The van der Waals surface area contributed by atoms with Crippen molar-refractivity contribution < 1.29 is 9.53 Å². The smallest absolute Gasteiger partial charge is 0.340 e. The third-order valence-electron chi connectivity index (χ3n) is 2.53. The molecule has 0 aliphatic rings. The Balaban J connectivity index is 2.29. The SMILES string of the molecule is COC(=O)c1cc(Nc2ccc(Cl)c(Cl)c2)ncc1N. The number of anilines is 3. The predicted molar refractivity (Wildman–Crippen MR) is 79.7 cm³/mol. The van der Waals surface area contributed by atoms with Crippen LogP contribution in [0.5, 0.6) is 0 Å². The Labute approximate surface area is 125 Å². The molecule has 5 nitrogen and oxygen atoms in total. The van der Waals surface area contributed by atoms with E-state index in [-0.39, 0.29) is 11.3 Å². The van der Waals surface area contributed by atoms with Crippen molar-refractivity contribution in [3.63, 3.8) is 0 Å². The lowest BCUT2D eigenvalue weighted by molar-refractivity contribution is 0.0602. The molecule has 0 amide bonds. The maximum absolute atomic E-state index is 11.5. The number of hydrogen-bond acceptors (Lipinski definition) is 5. The highest BCUT2D eigenvalue weighted by molar-refractivity contribution is 6.42. The van der Waals surface area contributed by atoms with Crippen LogP contribution in [0.2, 0.25) is 10.0 Å². The van der Waals surface area contributed by atoms with Gasteiger partial charge in [0, 0.05) is 5.69 Å². The molecule has 20 heavy (non-hydrogen) atoms. The van der Waals surface area contributed by atoms with Gasteiger partial charge in [0.1, 0.15) is 5.82 Å². The van der Waals surface area contributed by atoms with Gasteiger partial charge in [-0.2, -0.15) is 0 Å². The standard InChI is InChI=1S/C13H11Cl2N3O2/c1-20-13(19)8-5-12(17-6-11(8)16)18-7-2-3-9(14)10(15)4-7/h2-6H,16H2,1H3,(H,17,18). The monoisotopic (exact) mass is 311 g/mol. The molecule has 0 saturated heterocycles. The number of pyridine rings is 1. The fourth-order valence-electron chi connectivity index (χ4n) is 1.54. The fourth-order valence-corrected chi connectivity index (χ4v) is 1.84. The molecule has 0 spiro atoms. The summed E-state index contributed by atoms with van der Waals surface area (Å²) < 4.78 is 4.64. The molecular formula is C13H11Cl2N3O2. The topological polar surface area (TPSA) is 77.2 Å². The zero-order chi connectivity index (χ0) is 14.7. The van der Waals surface area contributed by atoms with Gasteiger partial charge in [-0.3, -0.25) is 0 Å². The summed E-state index contributed by atoms with van der Waals surface area (Å²) >= 11 is 11.8. The summed E-state index contributed by atoms with van der Waals surface area (Å²) in [5.74, 6) is -0.0833. The first-order valence-electron chi connectivity index (χ1n) is 5.57. The molecule has 0 aliphatic heterocycles. The fraction of sp³-hybridized carbons (Fsp3) is 0.0769. The molecule has 1 aromatic carbocycles.